The molecule has 0 bridgehead atoms. The van der Waals surface area contributed by atoms with Crippen molar-refractivity contribution in [3.63, 3.8) is 0 Å². The van der Waals surface area contributed by atoms with Crippen LogP contribution in [0.4, 0.5) is 0 Å². The number of ether oxygens (including phenoxy) is 1. The van der Waals surface area contributed by atoms with Crippen molar-refractivity contribution < 1.29 is 14.6 Å². The number of methoxy groups -OCH3 is 1. The minimum Gasteiger partial charge on any atom is -0.497 e. The third kappa shape index (κ3) is 3.08. The van der Waals surface area contributed by atoms with Crippen LogP contribution in [0, 0.1) is 5.92 Å². The number of carbonyl (C=O) groups excluding carboxylic acids is 1. The third-order valence-electron chi connectivity index (χ3n) is 4.46. The van der Waals surface area contributed by atoms with E-state index in [1.807, 2.05) is 18.2 Å². The standard InChI is InChI=1S/C19H21NO3/c1-12-10-13-6-3-4-9-16(13)17(12)20-19(22)18(21)14-7-5-8-15(11-14)23-2/h3-9,11-12,17-18,21H,10H2,1-2H3,(H,20,22). The smallest absolute Gasteiger partial charge is 0.253 e. The van der Waals surface area contributed by atoms with E-state index in [0.717, 1.165) is 12.0 Å². The molecule has 1 amide bonds. The van der Waals surface area contributed by atoms with Crippen molar-refractivity contribution in [3.05, 3.63) is 65.2 Å². The number of nitrogens with one attached hydrogen (secondary N) is 1. The van der Waals surface area contributed by atoms with E-state index in [9.17, 15) is 9.90 Å². The lowest BCUT2D eigenvalue weighted by Crippen LogP contribution is -2.34. The van der Waals surface area contributed by atoms with Gasteiger partial charge in [-0.05, 0) is 41.2 Å². The van der Waals surface area contributed by atoms with Gasteiger partial charge in [0, 0.05) is 0 Å². The zero-order valence-electron chi connectivity index (χ0n) is 13.3. The summed E-state index contributed by atoms with van der Waals surface area (Å²) in [5, 5.41) is 13.3. The first-order chi connectivity index (χ1) is 11.1. The maximum atomic E-state index is 12.5. The normalized spacial score (nSPS) is 20.7. The molecule has 4 nitrogen and oxygen atoms in total. The van der Waals surface area contributed by atoms with Crippen LogP contribution in [0.15, 0.2) is 48.5 Å². The molecule has 0 saturated carbocycles. The second-order valence-corrected chi connectivity index (χ2v) is 6.05. The van der Waals surface area contributed by atoms with Gasteiger partial charge >= 0.3 is 0 Å². The number of aliphatic hydroxyl groups excluding tert-OH is 1. The zero-order valence-corrected chi connectivity index (χ0v) is 13.3. The van der Waals surface area contributed by atoms with Crippen LogP contribution in [-0.2, 0) is 11.2 Å². The highest BCUT2D eigenvalue weighted by Gasteiger charge is 2.31. The molecule has 2 N–H and O–H groups in total. The zero-order chi connectivity index (χ0) is 16.4. The average Bonchev–Trinajstić information content (AvgIpc) is 2.90. The fourth-order valence-electron chi connectivity index (χ4n) is 3.21. The monoisotopic (exact) mass is 311 g/mol. The minimum atomic E-state index is -1.20. The predicted octanol–water partition coefficient (Wildman–Crippen LogP) is 2.78. The highest BCUT2D eigenvalue weighted by Crippen LogP contribution is 2.36. The maximum Gasteiger partial charge on any atom is 0.253 e. The Labute approximate surface area is 136 Å². The molecule has 0 aromatic heterocycles. The van der Waals surface area contributed by atoms with Crippen molar-refractivity contribution in [3.8, 4) is 5.75 Å². The molecule has 3 unspecified atom stereocenters. The van der Waals surface area contributed by atoms with Gasteiger partial charge in [0.2, 0.25) is 0 Å². The van der Waals surface area contributed by atoms with Crippen LogP contribution in [0.1, 0.15) is 35.8 Å². The Balaban J connectivity index is 1.76. The summed E-state index contributed by atoms with van der Waals surface area (Å²) in [5.41, 5.74) is 2.94. The van der Waals surface area contributed by atoms with E-state index in [1.165, 1.54) is 5.56 Å². The number of benzene rings is 2. The summed E-state index contributed by atoms with van der Waals surface area (Å²) >= 11 is 0. The molecule has 0 heterocycles. The van der Waals surface area contributed by atoms with E-state index in [2.05, 4.69) is 18.3 Å². The molecule has 0 saturated heterocycles. The molecule has 1 aliphatic carbocycles. The molecule has 0 fully saturated rings. The molecule has 1 aliphatic rings. The van der Waals surface area contributed by atoms with Crippen molar-refractivity contribution in [2.24, 2.45) is 5.92 Å². The Hall–Kier alpha value is -2.33. The van der Waals surface area contributed by atoms with Crippen molar-refractivity contribution in [2.45, 2.75) is 25.5 Å². The lowest BCUT2D eigenvalue weighted by Gasteiger charge is -2.21. The number of hydrogen-bond donors (Lipinski definition) is 2. The van der Waals surface area contributed by atoms with Gasteiger partial charge < -0.3 is 15.2 Å². The molecule has 3 atom stereocenters. The first-order valence-electron chi connectivity index (χ1n) is 7.80. The second kappa shape index (κ2) is 6.42. The molecule has 0 radical (unpaired) electrons. The number of amides is 1. The van der Waals surface area contributed by atoms with E-state index in [-0.39, 0.29) is 11.9 Å². The molecule has 23 heavy (non-hydrogen) atoms. The summed E-state index contributed by atoms with van der Waals surface area (Å²) in [5.74, 6) is 0.551. The largest absolute Gasteiger partial charge is 0.497 e. The van der Waals surface area contributed by atoms with Crippen LogP contribution in [0.25, 0.3) is 0 Å². The first-order valence-corrected chi connectivity index (χ1v) is 7.80. The summed E-state index contributed by atoms with van der Waals surface area (Å²) < 4.78 is 5.14. The van der Waals surface area contributed by atoms with Crippen LogP contribution in [-0.4, -0.2) is 18.1 Å². The minimum absolute atomic E-state index is 0.0565. The second-order valence-electron chi connectivity index (χ2n) is 6.05. The molecule has 120 valence electrons. The fraction of sp³-hybridized carbons (Fsp3) is 0.316. The average molecular weight is 311 g/mol. The molecule has 0 spiro atoms. The van der Waals surface area contributed by atoms with Crippen LogP contribution in [0.2, 0.25) is 0 Å². The Morgan fingerprint density at radius 1 is 1.26 bits per heavy atom. The summed E-state index contributed by atoms with van der Waals surface area (Å²) in [7, 11) is 1.56. The molecule has 0 aliphatic heterocycles. The molecule has 3 rings (SSSR count). The van der Waals surface area contributed by atoms with Crippen molar-refractivity contribution in [2.75, 3.05) is 7.11 Å². The van der Waals surface area contributed by atoms with Crippen LogP contribution < -0.4 is 10.1 Å². The van der Waals surface area contributed by atoms with Gasteiger partial charge in [0.25, 0.3) is 5.91 Å². The quantitative estimate of drug-likeness (QED) is 0.913. The van der Waals surface area contributed by atoms with Gasteiger partial charge in [0.05, 0.1) is 13.2 Å². The van der Waals surface area contributed by atoms with Gasteiger partial charge in [-0.15, -0.1) is 0 Å². The lowest BCUT2D eigenvalue weighted by atomic mass is 10.0. The third-order valence-corrected chi connectivity index (χ3v) is 4.46. The van der Waals surface area contributed by atoms with Gasteiger partial charge in [0.15, 0.2) is 6.10 Å². The summed E-state index contributed by atoms with van der Waals surface area (Å²) in [6.45, 7) is 2.11. The van der Waals surface area contributed by atoms with E-state index in [4.69, 9.17) is 4.74 Å². The number of hydrogen-bond acceptors (Lipinski definition) is 3. The lowest BCUT2D eigenvalue weighted by molar-refractivity contribution is -0.130. The Kier molecular flexibility index (Phi) is 4.35. The van der Waals surface area contributed by atoms with Gasteiger partial charge in [-0.2, -0.15) is 0 Å². The van der Waals surface area contributed by atoms with Gasteiger partial charge in [-0.1, -0.05) is 43.3 Å². The Morgan fingerprint density at radius 3 is 2.83 bits per heavy atom. The topological polar surface area (TPSA) is 58.6 Å². The predicted molar refractivity (Wildman–Crippen MR) is 88.1 cm³/mol. The van der Waals surface area contributed by atoms with Crippen LogP contribution in [0.5, 0.6) is 5.75 Å². The van der Waals surface area contributed by atoms with Crippen molar-refractivity contribution in [1.82, 2.24) is 5.32 Å². The molecule has 4 heteroatoms. The fourth-order valence-corrected chi connectivity index (χ4v) is 3.21. The number of fused-ring (bicyclic) bond motifs is 1. The van der Waals surface area contributed by atoms with E-state index in [1.54, 1.807) is 31.4 Å². The SMILES string of the molecule is COc1cccc(C(O)C(=O)NC2c3ccccc3CC2C)c1. The summed E-state index contributed by atoms with van der Waals surface area (Å²) in [6, 6.07) is 15.0. The number of carbonyl (C=O) groups is 1. The van der Waals surface area contributed by atoms with Gasteiger partial charge in [-0.3, -0.25) is 4.79 Å². The van der Waals surface area contributed by atoms with E-state index in [0.29, 0.717) is 17.2 Å². The molecular formula is C19H21NO3. The van der Waals surface area contributed by atoms with Crippen molar-refractivity contribution >= 4 is 5.91 Å². The van der Waals surface area contributed by atoms with E-state index < -0.39 is 6.10 Å². The summed E-state index contributed by atoms with van der Waals surface area (Å²) in [6.07, 6.45) is -0.263. The highest BCUT2D eigenvalue weighted by atomic mass is 16.5. The number of aliphatic hydroxyl groups is 1. The molecule has 2 aromatic carbocycles. The Bertz CT molecular complexity index is 713. The van der Waals surface area contributed by atoms with Crippen LogP contribution in [0.3, 0.4) is 0 Å². The highest BCUT2D eigenvalue weighted by molar-refractivity contribution is 5.82. The van der Waals surface area contributed by atoms with Crippen molar-refractivity contribution in [1.29, 1.82) is 0 Å². The summed E-state index contributed by atoms with van der Waals surface area (Å²) in [4.78, 5) is 12.5. The van der Waals surface area contributed by atoms with Gasteiger partial charge in [0.1, 0.15) is 5.75 Å². The Morgan fingerprint density at radius 2 is 2.04 bits per heavy atom. The molecule has 2 aromatic rings. The molecular weight excluding hydrogens is 290 g/mol. The van der Waals surface area contributed by atoms with E-state index >= 15 is 0 Å². The maximum absolute atomic E-state index is 12.5. The van der Waals surface area contributed by atoms with Crippen LogP contribution >= 0.6 is 0 Å². The number of rotatable bonds is 4. The first kappa shape index (κ1) is 15.6. The van der Waals surface area contributed by atoms with Gasteiger partial charge in [-0.25, -0.2) is 0 Å².